The summed E-state index contributed by atoms with van der Waals surface area (Å²) in [5.41, 5.74) is 2.07. The van der Waals surface area contributed by atoms with E-state index in [-0.39, 0.29) is 34.9 Å². The zero-order valence-electron chi connectivity index (χ0n) is 25.5. The summed E-state index contributed by atoms with van der Waals surface area (Å²) in [4.78, 5) is 23.0. The first-order valence-electron chi connectivity index (χ1n) is 15.9. The summed E-state index contributed by atoms with van der Waals surface area (Å²) in [5, 5.41) is 2.97. The molecule has 1 N–H and O–H groups in total. The molecule has 0 aromatic carbocycles. The van der Waals surface area contributed by atoms with Gasteiger partial charge in [-0.3, -0.25) is 9.59 Å². The van der Waals surface area contributed by atoms with Crippen molar-refractivity contribution in [1.82, 2.24) is 5.32 Å². The number of carbonyl (C=O) groups excluding carboxylic acids is 2. The zero-order chi connectivity index (χ0) is 28.2. The maximum Gasteiger partial charge on any atom is 0.302 e. The number of amides is 1. The number of allylic oxidation sites excluding steroid dienone is 1. The Morgan fingerprint density at radius 3 is 2.64 bits per heavy atom. The van der Waals surface area contributed by atoms with Gasteiger partial charge in [-0.05, 0) is 92.3 Å². The van der Waals surface area contributed by atoms with Gasteiger partial charge in [0.15, 0.2) is 5.79 Å². The summed E-state index contributed by atoms with van der Waals surface area (Å²) in [6.07, 6.45) is 12.6. The quantitative estimate of drug-likeness (QED) is 0.282. The van der Waals surface area contributed by atoms with Crippen molar-refractivity contribution < 1.29 is 23.8 Å². The van der Waals surface area contributed by atoms with E-state index >= 15 is 0 Å². The molecule has 0 radical (unpaired) electrons. The average molecular weight is 544 g/mol. The molecule has 1 heterocycles. The second-order valence-electron chi connectivity index (χ2n) is 14.3. The largest absolute Gasteiger partial charge is 0.462 e. The predicted molar refractivity (Wildman–Crippen MR) is 152 cm³/mol. The van der Waals surface area contributed by atoms with Gasteiger partial charge in [-0.1, -0.05) is 39.3 Å². The molecule has 1 aliphatic heterocycles. The van der Waals surface area contributed by atoms with Crippen LogP contribution in [0, 0.1) is 46.3 Å². The molecule has 6 nitrogen and oxygen atoms in total. The van der Waals surface area contributed by atoms with E-state index in [1.165, 1.54) is 19.8 Å². The van der Waals surface area contributed by atoms with Crippen molar-refractivity contribution in [3.8, 4) is 0 Å². The summed E-state index contributed by atoms with van der Waals surface area (Å²) in [6.45, 7) is 16.3. The highest BCUT2D eigenvalue weighted by Crippen LogP contribution is 2.70. The molecule has 0 bridgehead atoms. The normalized spacial score (nSPS) is 45.3. The van der Waals surface area contributed by atoms with Gasteiger partial charge in [-0.15, -0.1) is 0 Å². The van der Waals surface area contributed by atoms with Gasteiger partial charge in [0.2, 0.25) is 5.91 Å². The maximum atomic E-state index is 11.6. The molecule has 5 rings (SSSR count). The molecule has 6 heteroatoms. The monoisotopic (exact) mass is 543 g/mol. The van der Waals surface area contributed by atoms with Gasteiger partial charge in [0.05, 0.1) is 6.10 Å². The standard InChI is InChI=1S/C33H53NO5/c1-8-37-33(16-11-20(2)19-34-22(4)35)21(3)30-29(39-33)18-28-26-10-9-24-17-25(38-23(5)36)12-14-31(24,6)27(26)13-15-32(28,30)7/h9,20-21,25-30H,8,10-19H2,1-7H3,(H,34,35)/t20-,21-,25+,26+,27+,28+,29+,30-,31-,32-,33+/m0/s1. The highest BCUT2D eigenvalue weighted by atomic mass is 16.7. The Morgan fingerprint density at radius 1 is 1.18 bits per heavy atom. The lowest BCUT2D eigenvalue weighted by Crippen LogP contribution is -2.52. The molecule has 11 atom stereocenters. The molecule has 3 saturated carbocycles. The summed E-state index contributed by atoms with van der Waals surface area (Å²) in [5.74, 6) is 2.76. The number of hydrogen-bond donors (Lipinski definition) is 1. The molecule has 5 aliphatic rings. The first-order chi connectivity index (χ1) is 18.4. The Bertz CT molecular complexity index is 979. The Kier molecular flexibility index (Phi) is 8.04. The minimum atomic E-state index is -0.514. The second kappa shape index (κ2) is 10.8. The lowest BCUT2D eigenvalue weighted by Gasteiger charge is -2.58. The number of rotatable bonds is 8. The van der Waals surface area contributed by atoms with Crippen LogP contribution >= 0.6 is 0 Å². The van der Waals surface area contributed by atoms with Crippen LogP contribution in [0.3, 0.4) is 0 Å². The Morgan fingerprint density at radius 2 is 1.95 bits per heavy atom. The fraction of sp³-hybridized carbons (Fsp3) is 0.879. The molecule has 0 aromatic heterocycles. The molecule has 0 aromatic rings. The average Bonchev–Trinajstić information content (AvgIpc) is 3.32. The van der Waals surface area contributed by atoms with E-state index in [1.54, 1.807) is 12.5 Å². The van der Waals surface area contributed by atoms with Crippen LogP contribution < -0.4 is 5.32 Å². The van der Waals surface area contributed by atoms with Crippen LogP contribution in [-0.4, -0.2) is 43.0 Å². The van der Waals surface area contributed by atoms with E-state index in [9.17, 15) is 9.59 Å². The third kappa shape index (κ3) is 5.00. The number of carbonyl (C=O) groups is 2. The van der Waals surface area contributed by atoms with Crippen LogP contribution in [0.5, 0.6) is 0 Å². The first kappa shape index (κ1) is 29.1. The summed E-state index contributed by atoms with van der Waals surface area (Å²) in [7, 11) is 0. The van der Waals surface area contributed by atoms with Gasteiger partial charge in [-0.2, -0.15) is 0 Å². The molecule has 39 heavy (non-hydrogen) atoms. The van der Waals surface area contributed by atoms with Crippen molar-refractivity contribution >= 4 is 11.9 Å². The highest BCUT2D eigenvalue weighted by Gasteiger charge is 2.68. The van der Waals surface area contributed by atoms with Crippen LogP contribution in [0.15, 0.2) is 11.6 Å². The lowest BCUT2D eigenvalue weighted by molar-refractivity contribution is -0.250. The summed E-state index contributed by atoms with van der Waals surface area (Å²) in [6, 6.07) is 0. The van der Waals surface area contributed by atoms with E-state index in [2.05, 4.69) is 46.0 Å². The first-order valence-corrected chi connectivity index (χ1v) is 15.9. The molecule has 220 valence electrons. The van der Waals surface area contributed by atoms with Crippen molar-refractivity contribution in [3.63, 3.8) is 0 Å². The lowest BCUT2D eigenvalue weighted by atomic mass is 9.47. The van der Waals surface area contributed by atoms with Gasteiger partial charge in [0, 0.05) is 45.8 Å². The highest BCUT2D eigenvalue weighted by molar-refractivity contribution is 5.72. The van der Waals surface area contributed by atoms with Gasteiger partial charge < -0.3 is 19.5 Å². The fourth-order valence-electron chi connectivity index (χ4n) is 10.3. The molecule has 4 aliphatic carbocycles. The summed E-state index contributed by atoms with van der Waals surface area (Å²) >= 11 is 0. The Hall–Kier alpha value is -1.40. The number of fused-ring (bicyclic) bond motifs is 7. The minimum Gasteiger partial charge on any atom is -0.462 e. The SMILES string of the molecule is CCO[C@]1(CC[C@H](C)CNC(C)=O)O[C@@H]2C[C@@H]3[C@@H]4CC=C5C[C@H](OC(C)=O)CC[C@]5(C)[C@@H]4CC[C@]3(C)[C@H]2[C@@H]1C. The zero-order valence-corrected chi connectivity index (χ0v) is 25.5. The minimum absolute atomic E-state index is 0.0342. The van der Waals surface area contributed by atoms with Crippen molar-refractivity contribution in [1.29, 1.82) is 0 Å². The van der Waals surface area contributed by atoms with Gasteiger partial charge in [0.25, 0.3) is 0 Å². The molecule has 0 spiro atoms. The summed E-state index contributed by atoms with van der Waals surface area (Å²) < 4.78 is 19.2. The molecule has 1 amide bonds. The third-order valence-corrected chi connectivity index (χ3v) is 12.1. The van der Waals surface area contributed by atoms with E-state index in [0.717, 1.165) is 44.9 Å². The van der Waals surface area contributed by atoms with Crippen molar-refractivity contribution in [2.24, 2.45) is 46.3 Å². The molecular formula is C33H53NO5. The fourth-order valence-corrected chi connectivity index (χ4v) is 10.3. The van der Waals surface area contributed by atoms with Crippen LogP contribution in [-0.2, 0) is 23.8 Å². The maximum absolute atomic E-state index is 11.6. The van der Waals surface area contributed by atoms with E-state index in [1.807, 2.05) is 0 Å². The molecule has 4 fully saturated rings. The van der Waals surface area contributed by atoms with Gasteiger partial charge >= 0.3 is 5.97 Å². The van der Waals surface area contributed by atoms with Crippen LogP contribution in [0.4, 0.5) is 0 Å². The number of hydrogen-bond acceptors (Lipinski definition) is 5. The van der Waals surface area contributed by atoms with Crippen LogP contribution in [0.2, 0.25) is 0 Å². The van der Waals surface area contributed by atoms with Crippen molar-refractivity contribution in [3.05, 3.63) is 11.6 Å². The topological polar surface area (TPSA) is 73.9 Å². The molecule has 1 saturated heterocycles. The smallest absolute Gasteiger partial charge is 0.302 e. The van der Waals surface area contributed by atoms with E-state index in [0.29, 0.717) is 48.7 Å². The van der Waals surface area contributed by atoms with Gasteiger partial charge in [-0.25, -0.2) is 0 Å². The van der Waals surface area contributed by atoms with Gasteiger partial charge in [0.1, 0.15) is 6.10 Å². The number of ether oxygens (including phenoxy) is 3. The van der Waals surface area contributed by atoms with Crippen molar-refractivity contribution in [2.45, 2.75) is 124 Å². The van der Waals surface area contributed by atoms with E-state index < -0.39 is 5.79 Å². The number of nitrogens with one attached hydrogen (secondary N) is 1. The van der Waals surface area contributed by atoms with Crippen molar-refractivity contribution in [2.75, 3.05) is 13.2 Å². The third-order valence-electron chi connectivity index (χ3n) is 12.1. The Labute approximate surface area is 236 Å². The molecule has 0 unspecified atom stereocenters. The number of esters is 1. The second-order valence-corrected chi connectivity index (χ2v) is 14.3. The van der Waals surface area contributed by atoms with Crippen LogP contribution in [0.1, 0.15) is 106 Å². The molecular weight excluding hydrogens is 490 g/mol. The van der Waals surface area contributed by atoms with E-state index in [4.69, 9.17) is 14.2 Å². The van der Waals surface area contributed by atoms with Crippen LogP contribution in [0.25, 0.3) is 0 Å². The Balaban J connectivity index is 1.31. The predicted octanol–water partition coefficient (Wildman–Crippen LogP) is 6.43.